The number of esters is 1. The van der Waals surface area contributed by atoms with Gasteiger partial charge in [-0.1, -0.05) is 5.21 Å². The summed E-state index contributed by atoms with van der Waals surface area (Å²) in [6.45, 7) is 1.89. The Bertz CT molecular complexity index is 639. The van der Waals surface area contributed by atoms with Crippen molar-refractivity contribution in [2.24, 2.45) is 0 Å². The summed E-state index contributed by atoms with van der Waals surface area (Å²) in [7, 11) is 1.52. The third kappa shape index (κ3) is 3.22. The second-order valence-electron chi connectivity index (χ2n) is 4.08. The zero-order valence-electron chi connectivity index (χ0n) is 11.7. The van der Waals surface area contributed by atoms with Gasteiger partial charge in [-0.25, -0.2) is 9.48 Å². The Kier molecular flexibility index (Phi) is 4.60. The van der Waals surface area contributed by atoms with Gasteiger partial charge in [0.15, 0.2) is 5.69 Å². The molecule has 0 aliphatic heterocycles. The first-order valence-electron chi connectivity index (χ1n) is 6.39. The van der Waals surface area contributed by atoms with Gasteiger partial charge in [0.05, 0.1) is 6.61 Å². The highest BCUT2D eigenvalue weighted by atomic mass is 16.5. The molecule has 1 N–H and O–H groups in total. The van der Waals surface area contributed by atoms with Gasteiger partial charge in [-0.15, -0.1) is 5.10 Å². The van der Waals surface area contributed by atoms with Gasteiger partial charge in [0, 0.05) is 25.0 Å². The zero-order valence-corrected chi connectivity index (χ0v) is 11.7. The van der Waals surface area contributed by atoms with Crippen molar-refractivity contribution >= 4 is 11.9 Å². The van der Waals surface area contributed by atoms with Crippen molar-refractivity contribution in [1.29, 1.82) is 0 Å². The van der Waals surface area contributed by atoms with Crippen molar-refractivity contribution < 1.29 is 14.3 Å². The molecule has 2 aromatic heterocycles. The van der Waals surface area contributed by atoms with Crippen LogP contribution in [-0.2, 0) is 16.1 Å². The molecular weight excluding hydrogens is 274 g/mol. The van der Waals surface area contributed by atoms with Gasteiger partial charge >= 0.3 is 5.97 Å². The molecule has 0 aliphatic carbocycles. The number of carbonyl (C=O) groups excluding carboxylic acids is 2. The molecule has 0 spiro atoms. The molecule has 0 aliphatic rings. The lowest BCUT2D eigenvalue weighted by Gasteiger charge is -2.07. The largest absolute Gasteiger partial charge is 0.461 e. The maximum atomic E-state index is 11.9. The van der Waals surface area contributed by atoms with Gasteiger partial charge in [-0.05, 0) is 19.1 Å². The Labute approximate surface area is 121 Å². The third-order valence-electron chi connectivity index (χ3n) is 2.71. The van der Waals surface area contributed by atoms with E-state index in [0.717, 1.165) is 0 Å². The number of likely N-dealkylation sites (N-methyl/N-ethyl adjacent to an activating group) is 1. The summed E-state index contributed by atoms with van der Waals surface area (Å²) in [6, 6.07) is 3.48. The SMILES string of the molecule is CCOC(=O)c1nnn(CC(=O)NC)c1-c1cccnc1. The fraction of sp³-hybridized carbons (Fsp3) is 0.308. The van der Waals surface area contributed by atoms with Crippen LogP contribution in [0.15, 0.2) is 24.5 Å². The summed E-state index contributed by atoms with van der Waals surface area (Å²) >= 11 is 0. The maximum absolute atomic E-state index is 11.9. The van der Waals surface area contributed by atoms with Crippen LogP contribution in [0.4, 0.5) is 0 Å². The van der Waals surface area contributed by atoms with Crippen molar-refractivity contribution in [3.63, 3.8) is 0 Å². The number of carbonyl (C=O) groups is 2. The summed E-state index contributed by atoms with van der Waals surface area (Å²) < 4.78 is 6.31. The molecule has 0 unspecified atom stereocenters. The normalized spacial score (nSPS) is 10.2. The first kappa shape index (κ1) is 14.6. The Balaban J connectivity index is 2.48. The van der Waals surface area contributed by atoms with Crippen LogP contribution in [0.1, 0.15) is 17.4 Å². The summed E-state index contributed by atoms with van der Waals surface area (Å²) in [5, 5.41) is 10.2. The first-order valence-corrected chi connectivity index (χ1v) is 6.39. The average molecular weight is 289 g/mol. The molecule has 0 radical (unpaired) electrons. The molecule has 2 heterocycles. The molecule has 0 aromatic carbocycles. The fourth-order valence-corrected chi connectivity index (χ4v) is 1.76. The number of rotatable bonds is 5. The van der Waals surface area contributed by atoms with Crippen molar-refractivity contribution in [2.45, 2.75) is 13.5 Å². The smallest absolute Gasteiger partial charge is 0.361 e. The summed E-state index contributed by atoms with van der Waals surface area (Å²) in [5.41, 5.74) is 1.10. The van der Waals surface area contributed by atoms with Crippen molar-refractivity contribution in [3.05, 3.63) is 30.2 Å². The molecule has 1 amide bonds. The quantitative estimate of drug-likeness (QED) is 0.793. The number of pyridine rings is 1. The van der Waals surface area contributed by atoms with Gasteiger partial charge < -0.3 is 10.1 Å². The molecule has 8 heteroatoms. The molecule has 8 nitrogen and oxygen atoms in total. The lowest BCUT2D eigenvalue weighted by Crippen LogP contribution is -2.24. The Morgan fingerprint density at radius 2 is 2.24 bits per heavy atom. The van der Waals surface area contributed by atoms with E-state index < -0.39 is 5.97 Å². The predicted molar refractivity (Wildman–Crippen MR) is 73.3 cm³/mol. The molecule has 0 fully saturated rings. The number of hydrogen-bond donors (Lipinski definition) is 1. The van der Waals surface area contributed by atoms with E-state index >= 15 is 0 Å². The van der Waals surface area contributed by atoms with E-state index in [1.54, 1.807) is 31.5 Å². The number of ether oxygens (including phenoxy) is 1. The maximum Gasteiger partial charge on any atom is 0.361 e. The van der Waals surface area contributed by atoms with Crippen LogP contribution in [0.3, 0.4) is 0 Å². The third-order valence-corrected chi connectivity index (χ3v) is 2.71. The minimum atomic E-state index is -0.584. The van der Waals surface area contributed by atoms with Gasteiger partial charge in [-0.3, -0.25) is 9.78 Å². The summed E-state index contributed by atoms with van der Waals surface area (Å²) in [6.07, 6.45) is 3.18. The Morgan fingerprint density at radius 3 is 2.86 bits per heavy atom. The van der Waals surface area contributed by atoms with E-state index in [-0.39, 0.29) is 24.8 Å². The number of nitrogens with one attached hydrogen (secondary N) is 1. The molecule has 2 rings (SSSR count). The predicted octanol–water partition coefficient (Wildman–Crippen LogP) is 0.263. The minimum Gasteiger partial charge on any atom is -0.461 e. The Hall–Kier alpha value is -2.77. The molecule has 0 saturated heterocycles. The Morgan fingerprint density at radius 1 is 1.43 bits per heavy atom. The number of aromatic nitrogens is 4. The van der Waals surface area contributed by atoms with Crippen LogP contribution in [0.2, 0.25) is 0 Å². The number of nitrogens with zero attached hydrogens (tertiary/aromatic N) is 4. The highest BCUT2D eigenvalue weighted by Gasteiger charge is 2.23. The van der Waals surface area contributed by atoms with Gasteiger partial charge in [0.2, 0.25) is 5.91 Å². The van der Waals surface area contributed by atoms with Gasteiger partial charge in [0.1, 0.15) is 12.2 Å². The van der Waals surface area contributed by atoms with Crippen LogP contribution in [0.5, 0.6) is 0 Å². The molecule has 21 heavy (non-hydrogen) atoms. The lowest BCUT2D eigenvalue weighted by molar-refractivity contribution is -0.121. The molecule has 0 saturated carbocycles. The molecule has 0 bridgehead atoms. The van der Waals surface area contributed by atoms with Crippen LogP contribution in [0.25, 0.3) is 11.3 Å². The highest BCUT2D eigenvalue weighted by Crippen LogP contribution is 2.21. The van der Waals surface area contributed by atoms with E-state index in [1.165, 1.54) is 11.7 Å². The van der Waals surface area contributed by atoms with Crippen LogP contribution in [0, 0.1) is 0 Å². The molecular formula is C13H15N5O3. The highest BCUT2D eigenvalue weighted by molar-refractivity contribution is 5.94. The average Bonchev–Trinajstić information content (AvgIpc) is 2.92. The van der Waals surface area contributed by atoms with Crippen molar-refractivity contribution in [1.82, 2.24) is 25.3 Å². The van der Waals surface area contributed by atoms with E-state index in [4.69, 9.17) is 4.74 Å². The first-order chi connectivity index (χ1) is 10.2. The second-order valence-corrected chi connectivity index (χ2v) is 4.08. The number of hydrogen-bond acceptors (Lipinski definition) is 6. The fourth-order valence-electron chi connectivity index (χ4n) is 1.76. The minimum absolute atomic E-state index is 0.0485. The molecule has 0 atom stereocenters. The van der Waals surface area contributed by atoms with E-state index in [0.29, 0.717) is 11.3 Å². The summed E-state index contributed by atoms with van der Waals surface area (Å²) in [5.74, 6) is -0.833. The van der Waals surface area contributed by atoms with Gasteiger partial charge in [0.25, 0.3) is 0 Å². The standard InChI is InChI=1S/C13H15N5O3/c1-3-21-13(20)11-12(9-5-4-6-15-7-9)18(17-16-11)8-10(19)14-2/h4-7H,3,8H2,1-2H3,(H,14,19). The van der Waals surface area contributed by atoms with E-state index in [2.05, 4.69) is 20.6 Å². The van der Waals surface area contributed by atoms with Crippen molar-refractivity contribution in [3.8, 4) is 11.3 Å². The van der Waals surface area contributed by atoms with Crippen molar-refractivity contribution in [2.75, 3.05) is 13.7 Å². The van der Waals surface area contributed by atoms with Crippen LogP contribution in [-0.4, -0.2) is 45.5 Å². The summed E-state index contributed by atoms with van der Waals surface area (Å²) in [4.78, 5) is 27.5. The second kappa shape index (κ2) is 6.60. The lowest BCUT2D eigenvalue weighted by atomic mass is 10.1. The zero-order chi connectivity index (χ0) is 15.2. The molecule has 110 valence electrons. The van der Waals surface area contributed by atoms with Crippen LogP contribution >= 0.6 is 0 Å². The van der Waals surface area contributed by atoms with Crippen LogP contribution < -0.4 is 5.32 Å². The van der Waals surface area contributed by atoms with E-state index in [1.807, 2.05) is 0 Å². The van der Waals surface area contributed by atoms with Gasteiger partial charge in [-0.2, -0.15) is 0 Å². The van der Waals surface area contributed by atoms with E-state index in [9.17, 15) is 9.59 Å². The molecule has 2 aromatic rings. The monoisotopic (exact) mass is 289 g/mol. The topological polar surface area (TPSA) is 99.0 Å². The number of amides is 1.